The number of benzene rings is 1. The summed E-state index contributed by atoms with van der Waals surface area (Å²) in [5, 5.41) is 25.6. The van der Waals surface area contributed by atoms with Crippen LogP contribution in [-0.2, 0) is 12.1 Å². The zero-order valence-corrected chi connectivity index (χ0v) is 12.2. The van der Waals surface area contributed by atoms with Crippen LogP contribution in [0.15, 0.2) is 36.9 Å². The molecule has 0 aliphatic heterocycles. The molecule has 5 nitrogen and oxygen atoms in total. The van der Waals surface area contributed by atoms with Crippen molar-refractivity contribution in [3.8, 4) is 0 Å². The van der Waals surface area contributed by atoms with E-state index in [1.54, 1.807) is 42.8 Å². The first kappa shape index (κ1) is 15.0. The van der Waals surface area contributed by atoms with Crippen molar-refractivity contribution in [2.45, 2.75) is 32.1 Å². The van der Waals surface area contributed by atoms with E-state index in [1.165, 1.54) is 12.7 Å². The summed E-state index contributed by atoms with van der Waals surface area (Å²) in [6.45, 7) is 3.67. The average Bonchev–Trinajstić information content (AvgIpc) is 2.91. The number of hydrogen-bond acceptors (Lipinski definition) is 4. The summed E-state index contributed by atoms with van der Waals surface area (Å²) in [4.78, 5) is 3.88. The van der Waals surface area contributed by atoms with E-state index in [0.29, 0.717) is 10.6 Å². The normalized spacial score (nSPS) is 17.4. The summed E-state index contributed by atoms with van der Waals surface area (Å²) in [5.41, 5.74) is -0.572. The molecule has 20 heavy (non-hydrogen) atoms. The molecule has 108 valence electrons. The fraction of sp³-hybridized carbons (Fsp3) is 0.429. The Morgan fingerprint density at radius 3 is 2.45 bits per heavy atom. The van der Waals surface area contributed by atoms with E-state index in [4.69, 9.17) is 11.6 Å². The van der Waals surface area contributed by atoms with Gasteiger partial charge in [0.05, 0.1) is 12.6 Å². The highest BCUT2D eigenvalue weighted by atomic mass is 35.5. The topological polar surface area (TPSA) is 71.2 Å². The summed E-state index contributed by atoms with van der Waals surface area (Å²) in [6, 6.07) is 6.96. The quantitative estimate of drug-likeness (QED) is 0.883. The van der Waals surface area contributed by atoms with Crippen LogP contribution in [0.3, 0.4) is 0 Å². The largest absolute Gasteiger partial charge is 0.393 e. The molecule has 1 heterocycles. The standard InChI is InChI=1S/C14H18ClN3O2/c1-10(11(2)19)14(20,7-18-9-16-8-17-18)12-3-5-13(15)6-4-12/h3-6,8-11,19-20H,7H2,1-2H3/t10-,11-,14-/m1/s1. The second-order valence-corrected chi connectivity index (χ2v) is 5.49. The molecule has 0 spiro atoms. The third-order valence-corrected chi connectivity index (χ3v) is 3.94. The van der Waals surface area contributed by atoms with Crippen molar-refractivity contribution in [2.75, 3.05) is 0 Å². The molecule has 6 heteroatoms. The molecule has 2 aromatic rings. The van der Waals surface area contributed by atoms with Gasteiger partial charge in [0.25, 0.3) is 0 Å². The van der Waals surface area contributed by atoms with Gasteiger partial charge in [0.15, 0.2) is 0 Å². The highest BCUT2D eigenvalue weighted by Gasteiger charge is 2.39. The molecule has 2 rings (SSSR count). The van der Waals surface area contributed by atoms with E-state index in [1.807, 2.05) is 0 Å². The minimum atomic E-state index is -1.26. The lowest BCUT2D eigenvalue weighted by Gasteiger charge is -2.36. The van der Waals surface area contributed by atoms with Gasteiger partial charge >= 0.3 is 0 Å². The molecule has 0 aliphatic rings. The number of halogens is 1. The Morgan fingerprint density at radius 2 is 1.95 bits per heavy atom. The molecule has 0 bridgehead atoms. The van der Waals surface area contributed by atoms with Crippen molar-refractivity contribution in [1.29, 1.82) is 0 Å². The van der Waals surface area contributed by atoms with Crippen LogP contribution in [0.25, 0.3) is 0 Å². The number of aliphatic hydroxyl groups excluding tert-OH is 1. The highest BCUT2D eigenvalue weighted by Crippen LogP contribution is 2.34. The minimum Gasteiger partial charge on any atom is -0.393 e. The van der Waals surface area contributed by atoms with Crippen molar-refractivity contribution >= 4 is 11.6 Å². The second-order valence-electron chi connectivity index (χ2n) is 5.05. The van der Waals surface area contributed by atoms with Gasteiger partial charge in [-0.1, -0.05) is 30.7 Å². The van der Waals surface area contributed by atoms with Crippen molar-refractivity contribution < 1.29 is 10.2 Å². The van der Waals surface area contributed by atoms with Crippen molar-refractivity contribution in [3.63, 3.8) is 0 Å². The van der Waals surface area contributed by atoms with Crippen LogP contribution in [-0.4, -0.2) is 31.1 Å². The maximum Gasteiger partial charge on any atom is 0.137 e. The van der Waals surface area contributed by atoms with Gasteiger partial charge in [-0.25, -0.2) is 9.67 Å². The Bertz CT molecular complexity index is 542. The molecular formula is C14H18ClN3O2. The third-order valence-electron chi connectivity index (χ3n) is 3.69. The van der Waals surface area contributed by atoms with Gasteiger partial charge in [0.1, 0.15) is 18.3 Å². The Labute approximate surface area is 122 Å². The lowest BCUT2D eigenvalue weighted by molar-refractivity contribution is -0.0779. The molecule has 0 radical (unpaired) electrons. The van der Waals surface area contributed by atoms with Crippen LogP contribution >= 0.6 is 11.6 Å². The second kappa shape index (κ2) is 5.91. The SMILES string of the molecule is C[C@H]([C@@H](C)O)[C@](O)(Cn1cncn1)c1ccc(Cl)cc1. The number of nitrogens with zero attached hydrogens (tertiary/aromatic N) is 3. The van der Waals surface area contributed by atoms with E-state index in [2.05, 4.69) is 10.1 Å². The molecule has 0 aliphatic carbocycles. The Hall–Kier alpha value is -1.43. The predicted molar refractivity (Wildman–Crippen MR) is 76.2 cm³/mol. The Kier molecular flexibility index (Phi) is 4.42. The number of hydrogen-bond donors (Lipinski definition) is 2. The Morgan fingerprint density at radius 1 is 1.30 bits per heavy atom. The zero-order valence-electron chi connectivity index (χ0n) is 11.4. The van der Waals surface area contributed by atoms with Crippen LogP contribution in [0.2, 0.25) is 5.02 Å². The van der Waals surface area contributed by atoms with E-state index in [-0.39, 0.29) is 12.5 Å². The van der Waals surface area contributed by atoms with Crippen molar-refractivity contribution in [2.24, 2.45) is 5.92 Å². The van der Waals surface area contributed by atoms with Gasteiger partial charge in [-0.05, 0) is 24.6 Å². The molecular weight excluding hydrogens is 278 g/mol. The van der Waals surface area contributed by atoms with Crippen molar-refractivity contribution in [1.82, 2.24) is 14.8 Å². The Balaban J connectivity index is 2.40. The van der Waals surface area contributed by atoms with Gasteiger partial charge in [0.2, 0.25) is 0 Å². The molecule has 2 N–H and O–H groups in total. The average molecular weight is 296 g/mol. The van der Waals surface area contributed by atoms with Gasteiger partial charge in [-0.15, -0.1) is 0 Å². The van der Waals surface area contributed by atoms with E-state index >= 15 is 0 Å². The number of rotatable bonds is 5. The van der Waals surface area contributed by atoms with Crippen LogP contribution in [0.1, 0.15) is 19.4 Å². The lowest BCUT2D eigenvalue weighted by Crippen LogP contribution is -2.43. The van der Waals surface area contributed by atoms with Crippen LogP contribution in [0.4, 0.5) is 0 Å². The number of aromatic nitrogens is 3. The monoisotopic (exact) mass is 295 g/mol. The van der Waals surface area contributed by atoms with Gasteiger partial charge < -0.3 is 10.2 Å². The molecule has 0 saturated heterocycles. The van der Waals surface area contributed by atoms with Crippen molar-refractivity contribution in [3.05, 3.63) is 47.5 Å². The highest BCUT2D eigenvalue weighted by molar-refractivity contribution is 6.30. The molecule has 0 amide bonds. The summed E-state index contributed by atoms with van der Waals surface area (Å²) < 4.78 is 1.55. The molecule has 0 saturated carbocycles. The van der Waals surface area contributed by atoms with Crippen LogP contribution in [0, 0.1) is 5.92 Å². The lowest BCUT2D eigenvalue weighted by atomic mass is 9.79. The van der Waals surface area contributed by atoms with Gasteiger partial charge in [-0.2, -0.15) is 5.10 Å². The summed E-state index contributed by atoms with van der Waals surface area (Å²) in [5.74, 6) is -0.382. The van der Waals surface area contributed by atoms with Crippen LogP contribution in [0.5, 0.6) is 0 Å². The maximum atomic E-state index is 11.1. The van der Waals surface area contributed by atoms with Gasteiger partial charge in [0, 0.05) is 10.9 Å². The summed E-state index contributed by atoms with van der Waals surface area (Å²) in [7, 11) is 0. The van der Waals surface area contributed by atoms with E-state index < -0.39 is 11.7 Å². The van der Waals surface area contributed by atoms with Crippen LogP contribution < -0.4 is 0 Å². The third kappa shape index (κ3) is 3.00. The summed E-state index contributed by atoms with van der Waals surface area (Å²) in [6.07, 6.45) is 2.28. The van der Waals surface area contributed by atoms with Gasteiger partial charge in [-0.3, -0.25) is 0 Å². The first-order valence-corrected chi connectivity index (χ1v) is 6.80. The zero-order chi connectivity index (χ0) is 14.8. The molecule has 0 unspecified atom stereocenters. The molecule has 0 fully saturated rings. The first-order chi connectivity index (χ1) is 9.43. The first-order valence-electron chi connectivity index (χ1n) is 6.42. The fourth-order valence-corrected chi connectivity index (χ4v) is 2.32. The molecule has 3 atom stereocenters. The minimum absolute atomic E-state index is 0.209. The molecule has 1 aromatic heterocycles. The van der Waals surface area contributed by atoms with E-state index in [9.17, 15) is 10.2 Å². The molecule has 1 aromatic carbocycles. The predicted octanol–water partition coefficient (Wildman–Crippen LogP) is 1.84. The van der Waals surface area contributed by atoms with E-state index in [0.717, 1.165) is 0 Å². The smallest absolute Gasteiger partial charge is 0.137 e. The fourth-order valence-electron chi connectivity index (χ4n) is 2.20. The number of aliphatic hydroxyl groups is 2. The summed E-state index contributed by atoms with van der Waals surface area (Å²) >= 11 is 5.89. The maximum absolute atomic E-state index is 11.1.